The average molecular weight is 356 g/mol. The number of aromatic nitrogens is 1. The smallest absolute Gasteiger partial charge is 0.339 e. The quantitative estimate of drug-likeness (QED) is 0.896. The molecule has 106 valence electrons. The number of benzene rings is 1. The average Bonchev–Trinajstić information content (AvgIpc) is 2.66. The predicted octanol–water partition coefficient (Wildman–Crippen LogP) is 4.11. The molecular weight excluding hydrogens is 342 g/mol. The molecule has 2 rings (SSSR count). The normalized spacial score (nSPS) is 10.6. The molecule has 1 N–H and O–H groups in total. The van der Waals surface area contributed by atoms with E-state index in [0.29, 0.717) is 5.75 Å². The molecule has 0 atom stereocenters. The minimum atomic E-state index is -1.00. The van der Waals surface area contributed by atoms with Crippen molar-refractivity contribution in [2.24, 2.45) is 0 Å². The van der Waals surface area contributed by atoms with E-state index in [0.717, 1.165) is 25.6 Å². The summed E-state index contributed by atoms with van der Waals surface area (Å²) in [6.45, 7) is 6.06. The molecule has 0 aliphatic rings. The van der Waals surface area contributed by atoms with Crippen LogP contribution in [0.2, 0.25) is 0 Å². The summed E-state index contributed by atoms with van der Waals surface area (Å²) in [6, 6.07) is 3.38. The number of aryl methyl sites for hydroxylation is 3. The van der Waals surface area contributed by atoms with E-state index in [1.165, 1.54) is 0 Å². The molecule has 1 heterocycles. The SMILES string of the molecule is Cc1cc(Br)cc(C(=O)O)c1OCc1nc(C)c(C)s1. The number of thiazole rings is 1. The summed E-state index contributed by atoms with van der Waals surface area (Å²) >= 11 is 4.86. The Morgan fingerprint density at radius 2 is 2.10 bits per heavy atom. The Hall–Kier alpha value is -1.40. The minimum Gasteiger partial charge on any atom is -0.485 e. The molecule has 0 aliphatic heterocycles. The van der Waals surface area contributed by atoms with Crippen molar-refractivity contribution in [3.8, 4) is 5.75 Å². The van der Waals surface area contributed by atoms with Gasteiger partial charge in [-0.1, -0.05) is 15.9 Å². The highest BCUT2D eigenvalue weighted by Gasteiger charge is 2.16. The summed E-state index contributed by atoms with van der Waals surface area (Å²) in [4.78, 5) is 16.8. The van der Waals surface area contributed by atoms with E-state index in [-0.39, 0.29) is 12.2 Å². The highest BCUT2D eigenvalue weighted by atomic mass is 79.9. The maximum atomic E-state index is 11.3. The van der Waals surface area contributed by atoms with Crippen LogP contribution in [0, 0.1) is 20.8 Å². The summed E-state index contributed by atoms with van der Waals surface area (Å²) < 4.78 is 6.41. The van der Waals surface area contributed by atoms with Crippen molar-refractivity contribution in [3.63, 3.8) is 0 Å². The number of carboxylic acid groups (broad SMARTS) is 1. The fourth-order valence-electron chi connectivity index (χ4n) is 1.82. The van der Waals surface area contributed by atoms with E-state index in [9.17, 15) is 9.90 Å². The fourth-order valence-corrected chi connectivity index (χ4v) is 3.23. The summed E-state index contributed by atoms with van der Waals surface area (Å²) in [5, 5.41) is 10.1. The molecule has 0 radical (unpaired) electrons. The van der Waals surface area contributed by atoms with Crippen molar-refractivity contribution in [2.75, 3.05) is 0 Å². The first-order valence-corrected chi connectivity index (χ1v) is 7.58. The van der Waals surface area contributed by atoms with Crippen LogP contribution in [0.3, 0.4) is 0 Å². The predicted molar refractivity (Wildman–Crippen MR) is 81.8 cm³/mol. The van der Waals surface area contributed by atoms with Crippen LogP contribution in [0.5, 0.6) is 5.75 Å². The Balaban J connectivity index is 2.27. The van der Waals surface area contributed by atoms with Crippen molar-refractivity contribution >= 4 is 33.2 Å². The zero-order valence-corrected chi connectivity index (χ0v) is 13.8. The lowest BCUT2D eigenvalue weighted by Gasteiger charge is -2.11. The summed E-state index contributed by atoms with van der Waals surface area (Å²) in [5.74, 6) is -0.609. The second kappa shape index (κ2) is 5.93. The van der Waals surface area contributed by atoms with Gasteiger partial charge >= 0.3 is 5.97 Å². The van der Waals surface area contributed by atoms with E-state index in [2.05, 4.69) is 20.9 Å². The van der Waals surface area contributed by atoms with Crippen molar-refractivity contribution in [3.05, 3.63) is 43.3 Å². The maximum absolute atomic E-state index is 11.3. The number of aromatic carboxylic acids is 1. The van der Waals surface area contributed by atoms with Gasteiger partial charge in [-0.05, 0) is 38.5 Å². The van der Waals surface area contributed by atoms with Crippen LogP contribution in [-0.4, -0.2) is 16.1 Å². The van der Waals surface area contributed by atoms with Crippen molar-refractivity contribution in [2.45, 2.75) is 27.4 Å². The van der Waals surface area contributed by atoms with Gasteiger partial charge in [0.1, 0.15) is 22.9 Å². The van der Waals surface area contributed by atoms with Crippen LogP contribution in [0.1, 0.15) is 31.5 Å². The molecule has 0 fully saturated rings. The lowest BCUT2D eigenvalue weighted by atomic mass is 10.1. The summed E-state index contributed by atoms with van der Waals surface area (Å²) in [5.41, 5.74) is 1.92. The van der Waals surface area contributed by atoms with Gasteiger partial charge in [0.15, 0.2) is 0 Å². The molecule has 0 aliphatic carbocycles. The van der Waals surface area contributed by atoms with E-state index in [1.54, 1.807) is 17.4 Å². The third kappa shape index (κ3) is 3.19. The number of carboxylic acids is 1. The number of halogens is 1. The molecule has 0 unspecified atom stereocenters. The van der Waals surface area contributed by atoms with E-state index >= 15 is 0 Å². The van der Waals surface area contributed by atoms with Gasteiger partial charge in [0, 0.05) is 9.35 Å². The van der Waals surface area contributed by atoms with Gasteiger partial charge in [-0.15, -0.1) is 11.3 Å². The van der Waals surface area contributed by atoms with Crippen LogP contribution in [-0.2, 0) is 6.61 Å². The Bertz CT molecular complexity index is 647. The third-order valence-electron chi connectivity index (χ3n) is 2.88. The lowest BCUT2D eigenvalue weighted by molar-refractivity contribution is 0.0691. The van der Waals surface area contributed by atoms with Gasteiger partial charge in [-0.25, -0.2) is 9.78 Å². The van der Waals surface area contributed by atoms with E-state index in [1.807, 2.05) is 26.8 Å². The zero-order chi connectivity index (χ0) is 14.9. The number of hydrogen-bond donors (Lipinski definition) is 1. The molecule has 0 amide bonds. The third-order valence-corrected chi connectivity index (χ3v) is 4.39. The first-order valence-electron chi connectivity index (χ1n) is 5.97. The van der Waals surface area contributed by atoms with Crippen LogP contribution < -0.4 is 4.74 Å². The van der Waals surface area contributed by atoms with Crippen molar-refractivity contribution in [1.82, 2.24) is 4.98 Å². The Labute approximate surface area is 129 Å². The van der Waals surface area contributed by atoms with Crippen LogP contribution in [0.4, 0.5) is 0 Å². The molecule has 6 heteroatoms. The largest absolute Gasteiger partial charge is 0.485 e. The molecule has 1 aromatic heterocycles. The second-order valence-electron chi connectivity index (χ2n) is 4.44. The number of hydrogen-bond acceptors (Lipinski definition) is 4. The molecule has 0 spiro atoms. The van der Waals surface area contributed by atoms with Crippen LogP contribution in [0.25, 0.3) is 0 Å². The first-order chi connectivity index (χ1) is 9.38. The number of rotatable bonds is 4. The van der Waals surface area contributed by atoms with Gasteiger partial charge in [0.05, 0.1) is 5.69 Å². The molecular formula is C14H14BrNO3S. The summed E-state index contributed by atoms with van der Waals surface area (Å²) in [7, 11) is 0. The molecule has 0 saturated heterocycles. The highest BCUT2D eigenvalue weighted by molar-refractivity contribution is 9.10. The van der Waals surface area contributed by atoms with Gasteiger partial charge in [0.25, 0.3) is 0 Å². The monoisotopic (exact) mass is 355 g/mol. The number of ether oxygens (including phenoxy) is 1. The first kappa shape index (κ1) is 15.0. The van der Waals surface area contributed by atoms with Crippen molar-refractivity contribution < 1.29 is 14.6 Å². The molecule has 20 heavy (non-hydrogen) atoms. The minimum absolute atomic E-state index is 0.155. The van der Waals surface area contributed by atoms with Crippen LogP contribution in [0.15, 0.2) is 16.6 Å². The number of carbonyl (C=O) groups is 1. The Morgan fingerprint density at radius 3 is 2.65 bits per heavy atom. The fraction of sp³-hybridized carbons (Fsp3) is 0.286. The zero-order valence-electron chi connectivity index (χ0n) is 11.4. The topological polar surface area (TPSA) is 59.4 Å². The molecule has 4 nitrogen and oxygen atoms in total. The molecule has 2 aromatic rings. The van der Waals surface area contributed by atoms with Crippen molar-refractivity contribution in [1.29, 1.82) is 0 Å². The van der Waals surface area contributed by atoms with E-state index in [4.69, 9.17) is 4.74 Å². The van der Waals surface area contributed by atoms with Gasteiger partial charge in [-0.2, -0.15) is 0 Å². The Morgan fingerprint density at radius 1 is 1.40 bits per heavy atom. The van der Waals surface area contributed by atoms with Gasteiger partial charge < -0.3 is 9.84 Å². The molecule has 1 aromatic carbocycles. The van der Waals surface area contributed by atoms with Gasteiger partial charge in [0.2, 0.25) is 0 Å². The second-order valence-corrected chi connectivity index (χ2v) is 6.65. The lowest BCUT2D eigenvalue weighted by Crippen LogP contribution is -2.05. The van der Waals surface area contributed by atoms with Crippen LogP contribution >= 0.6 is 27.3 Å². The molecule has 0 bridgehead atoms. The maximum Gasteiger partial charge on any atom is 0.339 e. The molecule has 0 saturated carbocycles. The number of nitrogens with zero attached hydrogens (tertiary/aromatic N) is 1. The van der Waals surface area contributed by atoms with Gasteiger partial charge in [-0.3, -0.25) is 0 Å². The highest BCUT2D eigenvalue weighted by Crippen LogP contribution is 2.29. The Kier molecular flexibility index (Phi) is 4.45. The summed E-state index contributed by atoms with van der Waals surface area (Å²) in [6.07, 6.45) is 0. The van der Waals surface area contributed by atoms with E-state index < -0.39 is 5.97 Å². The standard InChI is InChI=1S/C14H14BrNO3S/c1-7-4-10(15)5-11(14(17)18)13(7)19-6-12-16-8(2)9(3)20-12/h4-5H,6H2,1-3H3,(H,17,18).